The minimum atomic E-state index is -0.593. The van der Waals surface area contributed by atoms with E-state index in [9.17, 15) is 0 Å². The fourth-order valence-corrected chi connectivity index (χ4v) is 9.05. The van der Waals surface area contributed by atoms with Gasteiger partial charge in [0.2, 0.25) is 17.8 Å². The number of rotatable bonds is 15. The van der Waals surface area contributed by atoms with Gasteiger partial charge in [-0.25, -0.2) is 0 Å². The molecule has 0 spiro atoms. The lowest BCUT2D eigenvalue weighted by molar-refractivity contribution is -0.0130. The van der Waals surface area contributed by atoms with Crippen molar-refractivity contribution in [2.45, 2.75) is 180 Å². The number of likely N-dealkylation sites (tertiary alicyclic amines) is 2. The number of piperidine rings is 2. The van der Waals surface area contributed by atoms with Gasteiger partial charge in [0.05, 0.1) is 0 Å². The zero-order valence-corrected chi connectivity index (χ0v) is 33.2. The van der Waals surface area contributed by atoms with Gasteiger partial charge in [-0.05, 0) is 114 Å². The lowest BCUT2D eigenvalue weighted by Crippen LogP contribution is -2.63. The van der Waals surface area contributed by atoms with Crippen molar-refractivity contribution < 1.29 is 0 Å². The Labute approximate surface area is 280 Å². The summed E-state index contributed by atoms with van der Waals surface area (Å²) in [6.07, 6.45) is 10.1. The molecule has 1 aromatic rings. The van der Waals surface area contributed by atoms with Gasteiger partial charge in [-0.2, -0.15) is 15.0 Å². The van der Waals surface area contributed by atoms with Crippen LogP contribution in [0.4, 0.5) is 17.8 Å². The van der Waals surface area contributed by atoms with Gasteiger partial charge in [0, 0.05) is 62.7 Å². The molecule has 0 bridgehead atoms. The topological polar surface area (TPSA) is 63.7 Å². The molecule has 0 saturated carbocycles. The van der Waals surface area contributed by atoms with Crippen LogP contribution in [-0.4, -0.2) is 102 Å². The van der Waals surface area contributed by atoms with Crippen molar-refractivity contribution in [2.75, 3.05) is 48.8 Å². The second-order valence-electron chi connectivity index (χ2n) is 17.3. The third-order valence-corrected chi connectivity index (χ3v) is 12.9. The second-order valence-corrected chi connectivity index (χ2v) is 20.7. The van der Waals surface area contributed by atoms with Crippen LogP contribution in [0.5, 0.6) is 0 Å². The van der Waals surface area contributed by atoms with E-state index in [0.29, 0.717) is 12.1 Å². The van der Waals surface area contributed by atoms with Crippen LogP contribution in [0.2, 0.25) is 19.1 Å². The Kier molecular flexibility index (Phi) is 12.8. The molecule has 0 aromatic carbocycles. The average Bonchev–Trinajstić information content (AvgIpc) is 2.92. The summed E-state index contributed by atoms with van der Waals surface area (Å²) in [6, 6.07) is 2.08. The highest BCUT2D eigenvalue weighted by atomic mass is 28.3. The minimum Gasteiger partial charge on any atom is -0.354 e. The highest BCUT2D eigenvalue weighted by Gasteiger charge is 2.47. The molecule has 45 heavy (non-hydrogen) atoms. The van der Waals surface area contributed by atoms with Crippen LogP contribution < -0.4 is 15.1 Å². The third-order valence-electron chi connectivity index (χ3n) is 11.3. The van der Waals surface area contributed by atoms with Crippen molar-refractivity contribution in [3.05, 3.63) is 0 Å². The molecule has 0 amide bonds. The summed E-state index contributed by atoms with van der Waals surface area (Å²) >= 11 is 0. The van der Waals surface area contributed by atoms with E-state index in [2.05, 4.69) is 121 Å². The van der Waals surface area contributed by atoms with E-state index in [4.69, 9.17) is 15.0 Å². The minimum absolute atomic E-state index is 0.0903. The van der Waals surface area contributed by atoms with Gasteiger partial charge in [-0.3, -0.25) is 9.80 Å². The lowest BCUT2D eigenvalue weighted by Gasteiger charge is -2.56. The number of hydrogen-bond acceptors (Lipinski definition) is 8. The van der Waals surface area contributed by atoms with Gasteiger partial charge >= 0.3 is 0 Å². The maximum atomic E-state index is 5.45. The summed E-state index contributed by atoms with van der Waals surface area (Å²) in [6.45, 7) is 31.5. The van der Waals surface area contributed by atoms with Gasteiger partial charge in [-0.15, -0.1) is 0 Å². The largest absolute Gasteiger partial charge is 0.354 e. The zero-order valence-electron chi connectivity index (χ0n) is 32.1. The summed E-state index contributed by atoms with van der Waals surface area (Å²) < 4.78 is 0. The fourth-order valence-electron chi connectivity index (χ4n) is 8.03. The van der Waals surface area contributed by atoms with E-state index in [1.165, 1.54) is 12.5 Å². The lowest BCUT2D eigenvalue weighted by atomic mass is 9.77. The first-order chi connectivity index (χ1) is 20.8. The van der Waals surface area contributed by atoms with E-state index in [0.717, 1.165) is 88.8 Å². The molecule has 0 unspecified atom stereocenters. The van der Waals surface area contributed by atoms with Gasteiger partial charge in [-0.1, -0.05) is 45.8 Å². The molecule has 3 heterocycles. The standard InChI is InChI=1S/C36H72N8Si/c1-15-17-21-43(28-24-33(3,4)41(11)34(5,6)25-28)31-38-30(37-20-19-23-45(13)14)39-32(40-31)44(22-18-16-2)29-26-35(7,8)42(12)36(9,10)27-29/h28-29,45H,15-27H2,1-14H3,(H,37,38,39,40). The summed E-state index contributed by atoms with van der Waals surface area (Å²) in [4.78, 5) is 26.2. The maximum absolute atomic E-state index is 5.45. The Morgan fingerprint density at radius 1 is 0.667 bits per heavy atom. The number of nitrogens with one attached hydrogen (secondary N) is 1. The van der Waals surface area contributed by atoms with Crippen molar-refractivity contribution in [3.8, 4) is 0 Å². The van der Waals surface area contributed by atoms with Gasteiger partial charge in [0.1, 0.15) is 0 Å². The quantitative estimate of drug-likeness (QED) is 0.154. The van der Waals surface area contributed by atoms with Crippen LogP contribution >= 0.6 is 0 Å². The Morgan fingerprint density at radius 3 is 1.38 bits per heavy atom. The molecule has 3 rings (SSSR count). The number of anilines is 3. The maximum Gasteiger partial charge on any atom is 0.232 e. The van der Waals surface area contributed by atoms with Crippen molar-refractivity contribution in [2.24, 2.45) is 0 Å². The van der Waals surface area contributed by atoms with Crippen LogP contribution in [0.25, 0.3) is 0 Å². The van der Waals surface area contributed by atoms with Gasteiger partial charge in [0.15, 0.2) is 0 Å². The molecule has 2 saturated heterocycles. The number of nitrogens with zero attached hydrogens (tertiary/aromatic N) is 7. The molecule has 8 nitrogen and oxygen atoms in total. The molecule has 0 radical (unpaired) electrons. The molecule has 260 valence electrons. The summed E-state index contributed by atoms with van der Waals surface area (Å²) in [5.74, 6) is 2.48. The summed E-state index contributed by atoms with van der Waals surface area (Å²) in [5.41, 5.74) is 0.361. The van der Waals surface area contributed by atoms with Crippen LogP contribution in [0.1, 0.15) is 127 Å². The van der Waals surface area contributed by atoms with E-state index in [1.54, 1.807) is 0 Å². The Hall–Kier alpha value is -1.45. The molecule has 2 aliphatic rings. The van der Waals surface area contributed by atoms with E-state index in [1.807, 2.05) is 0 Å². The summed E-state index contributed by atoms with van der Waals surface area (Å²) in [7, 11) is 4.00. The van der Waals surface area contributed by atoms with E-state index >= 15 is 0 Å². The molecule has 0 atom stereocenters. The van der Waals surface area contributed by atoms with Crippen LogP contribution in [0.3, 0.4) is 0 Å². The van der Waals surface area contributed by atoms with Gasteiger partial charge in [0.25, 0.3) is 0 Å². The molecular weight excluding hydrogens is 573 g/mol. The zero-order chi connectivity index (χ0) is 33.8. The highest BCUT2D eigenvalue weighted by Crippen LogP contribution is 2.42. The molecule has 1 aromatic heterocycles. The second kappa shape index (κ2) is 15.2. The smallest absolute Gasteiger partial charge is 0.232 e. The first kappa shape index (κ1) is 38.0. The van der Waals surface area contributed by atoms with Crippen LogP contribution in [0.15, 0.2) is 0 Å². The van der Waals surface area contributed by atoms with Crippen LogP contribution in [-0.2, 0) is 0 Å². The summed E-state index contributed by atoms with van der Waals surface area (Å²) in [5, 5.41) is 3.68. The third kappa shape index (κ3) is 9.56. The van der Waals surface area contributed by atoms with Crippen molar-refractivity contribution in [3.63, 3.8) is 0 Å². The molecule has 0 aliphatic carbocycles. The van der Waals surface area contributed by atoms with Crippen molar-refractivity contribution in [1.82, 2.24) is 24.8 Å². The van der Waals surface area contributed by atoms with Crippen LogP contribution in [0, 0.1) is 0 Å². The number of aromatic nitrogens is 3. The monoisotopic (exact) mass is 645 g/mol. The fraction of sp³-hybridized carbons (Fsp3) is 0.917. The average molecular weight is 645 g/mol. The van der Waals surface area contributed by atoms with Crippen molar-refractivity contribution in [1.29, 1.82) is 0 Å². The normalized spacial score (nSPS) is 22.1. The Balaban J connectivity index is 2.12. The highest BCUT2D eigenvalue weighted by molar-refractivity contribution is 6.55. The molecule has 9 heteroatoms. The molecule has 2 fully saturated rings. The first-order valence-corrected chi connectivity index (χ1v) is 21.5. The number of unbranched alkanes of at least 4 members (excludes halogenated alkanes) is 2. The molecule has 2 aliphatic heterocycles. The predicted octanol–water partition coefficient (Wildman–Crippen LogP) is 7.68. The molecular formula is C36H72N8Si. The molecule has 1 N–H and O–H groups in total. The first-order valence-electron chi connectivity index (χ1n) is 18.4. The Morgan fingerprint density at radius 2 is 1.04 bits per heavy atom. The predicted molar refractivity (Wildman–Crippen MR) is 199 cm³/mol. The van der Waals surface area contributed by atoms with Gasteiger partial charge < -0.3 is 15.1 Å². The van der Waals surface area contributed by atoms with E-state index in [-0.39, 0.29) is 22.2 Å². The van der Waals surface area contributed by atoms with E-state index < -0.39 is 8.80 Å². The van der Waals surface area contributed by atoms with Crippen molar-refractivity contribution >= 4 is 26.6 Å². The SMILES string of the molecule is CCCCN(c1nc(NCCC[SiH](C)C)nc(N(CCCC)C2CC(C)(C)N(C)C(C)(C)C2)n1)C1CC(C)(C)N(C)C(C)(C)C1. The Bertz CT molecular complexity index is 963. The number of hydrogen-bond donors (Lipinski definition) is 1.